The van der Waals surface area contributed by atoms with Gasteiger partial charge in [-0.05, 0) is 39.3 Å². The Balaban J connectivity index is 3.22. The van der Waals surface area contributed by atoms with Crippen molar-refractivity contribution in [2.75, 3.05) is 13.2 Å². The number of carbonyl (C=O) groups excluding carboxylic acids is 2. The van der Waals surface area contributed by atoms with Gasteiger partial charge in [-0.15, -0.1) is 0 Å². The first-order chi connectivity index (χ1) is 12.2. The fourth-order valence-corrected chi connectivity index (χ4v) is 2.66. The smallest absolute Gasteiger partial charge is 0.334 e. The molecule has 1 aliphatic rings. The number of aliphatic hydroxyl groups is 2. The molecule has 6 nitrogen and oxygen atoms in total. The minimum atomic E-state index is -0.688. The molecule has 6 heteroatoms. The van der Waals surface area contributed by atoms with Crippen molar-refractivity contribution in [2.45, 2.75) is 46.3 Å². The van der Waals surface area contributed by atoms with Gasteiger partial charge < -0.3 is 19.7 Å². The minimum Gasteiger partial charge on any atom is -0.458 e. The number of hydrogen-bond donors (Lipinski definition) is 2. The molecule has 1 fully saturated rings. The van der Waals surface area contributed by atoms with E-state index in [0.29, 0.717) is 17.6 Å². The van der Waals surface area contributed by atoms with E-state index in [1.807, 2.05) is 6.92 Å². The number of cyclic esters (lactones) is 1. The van der Waals surface area contributed by atoms with Gasteiger partial charge in [-0.25, -0.2) is 9.59 Å². The van der Waals surface area contributed by atoms with Crippen LogP contribution in [-0.2, 0) is 19.1 Å². The van der Waals surface area contributed by atoms with E-state index in [0.717, 1.165) is 5.57 Å². The topological polar surface area (TPSA) is 93.1 Å². The molecular formula is C20H28O6. The molecule has 1 saturated heterocycles. The van der Waals surface area contributed by atoms with Crippen LogP contribution >= 0.6 is 0 Å². The summed E-state index contributed by atoms with van der Waals surface area (Å²) in [7, 11) is 0. The fourth-order valence-electron chi connectivity index (χ4n) is 2.66. The van der Waals surface area contributed by atoms with E-state index in [4.69, 9.17) is 14.6 Å². The number of carbonyl (C=O) groups is 2. The lowest BCUT2D eigenvalue weighted by Crippen LogP contribution is -2.33. The number of rotatable bonds is 8. The molecule has 0 radical (unpaired) electrons. The number of allylic oxidation sites excluding steroid dienone is 1. The van der Waals surface area contributed by atoms with Crippen molar-refractivity contribution in [3.05, 3.63) is 47.1 Å². The predicted octanol–water partition coefficient (Wildman–Crippen LogP) is 2.23. The minimum absolute atomic E-state index is 0.131. The van der Waals surface area contributed by atoms with Crippen LogP contribution in [0.5, 0.6) is 0 Å². The van der Waals surface area contributed by atoms with E-state index in [2.05, 4.69) is 6.58 Å². The maximum atomic E-state index is 12.3. The third-order valence-corrected chi connectivity index (χ3v) is 4.34. The quantitative estimate of drug-likeness (QED) is 0.390. The number of ether oxygens (including phenoxy) is 2. The zero-order valence-electron chi connectivity index (χ0n) is 15.8. The van der Waals surface area contributed by atoms with Crippen LogP contribution in [0.2, 0.25) is 0 Å². The lowest BCUT2D eigenvalue weighted by atomic mass is 9.86. The van der Waals surface area contributed by atoms with Crippen molar-refractivity contribution >= 4 is 11.9 Å². The van der Waals surface area contributed by atoms with Crippen LogP contribution in [0.1, 0.15) is 34.1 Å². The second-order valence-corrected chi connectivity index (χ2v) is 6.44. The highest BCUT2D eigenvalue weighted by Crippen LogP contribution is 2.35. The summed E-state index contributed by atoms with van der Waals surface area (Å²) in [6.45, 7) is 10.4. The van der Waals surface area contributed by atoms with Gasteiger partial charge in [0, 0.05) is 17.6 Å². The third-order valence-electron chi connectivity index (χ3n) is 4.34. The van der Waals surface area contributed by atoms with E-state index in [1.165, 1.54) is 0 Å². The van der Waals surface area contributed by atoms with E-state index in [-0.39, 0.29) is 18.8 Å². The molecule has 26 heavy (non-hydrogen) atoms. The Labute approximate surface area is 154 Å². The lowest BCUT2D eigenvalue weighted by Gasteiger charge is -2.26. The summed E-state index contributed by atoms with van der Waals surface area (Å²) in [5.41, 5.74) is 2.13. The Hall–Kier alpha value is -2.18. The van der Waals surface area contributed by atoms with Crippen molar-refractivity contribution in [3.8, 4) is 0 Å². The maximum Gasteiger partial charge on any atom is 0.334 e. The first-order valence-corrected chi connectivity index (χ1v) is 8.53. The summed E-state index contributed by atoms with van der Waals surface area (Å²) in [5, 5.41) is 18.3. The van der Waals surface area contributed by atoms with Gasteiger partial charge in [-0.2, -0.15) is 0 Å². The van der Waals surface area contributed by atoms with Crippen molar-refractivity contribution in [1.82, 2.24) is 0 Å². The molecule has 1 aliphatic heterocycles. The normalized spacial score (nSPS) is 23.1. The van der Waals surface area contributed by atoms with Crippen molar-refractivity contribution in [1.29, 1.82) is 0 Å². The first kappa shape index (κ1) is 21.9. The van der Waals surface area contributed by atoms with Crippen LogP contribution in [0.25, 0.3) is 0 Å². The third kappa shape index (κ3) is 5.68. The number of aliphatic hydroxyl groups excluding tert-OH is 2. The van der Waals surface area contributed by atoms with Crippen molar-refractivity contribution in [3.63, 3.8) is 0 Å². The highest BCUT2D eigenvalue weighted by Gasteiger charge is 2.44. The molecule has 0 aliphatic carbocycles. The van der Waals surface area contributed by atoms with Crippen LogP contribution in [0.4, 0.5) is 0 Å². The summed E-state index contributed by atoms with van der Waals surface area (Å²) in [6, 6.07) is 0. The molecule has 2 N–H and O–H groups in total. The maximum absolute atomic E-state index is 12.3. The highest BCUT2D eigenvalue weighted by molar-refractivity contribution is 5.92. The second-order valence-electron chi connectivity index (χ2n) is 6.44. The van der Waals surface area contributed by atoms with Crippen molar-refractivity contribution < 1.29 is 29.3 Å². The second kappa shape index (κ2) is 10.1. The molecule has 3 atom stereocenters. The van der Waals surface area contributed by atoms with E-state index in [1.54, 1.807) is 39.0 Å². The number of hydrogen-bond acceptors (Lipinski definition) is 6. The monoisotopic (exact) mass is 364 g/mol. The Bertz CT molecular complexity index is 641. The van der Waals surface area contributed by atoms with Gasteiger partial charge in [0.1, 0.15) is 12.2 Å². The van der Waals surface area contributed by atoms with Gasteiger partial charge in [-0.1, -0.05) is 24.3 Å². The van der Waals surface area contributed by atoms with Crippen LogP contribution in [0, 0.1) is 5.92 Å². The molecule has 0 spiro atoms. The Morgan fingerprint density at radius 1 is 1.31 bits per heavy atom. The molecule has 3 unspecified atom stereocenters. The SMILES string of the molecule is C=C1C(=O)OC(/C=C(\C)CO)C1C(C/C(C)=C/CO)OC(=O)/C(C)=C\C. The Morgan fingerprint density at radius 3 is 2.50 bits per heavy atom. The first-order valence-electron chi connectivity index (χ1n) is 8.53. The van der Waals surface area contributed by atoms with Crippen molar-refractivity contribution in [2.24, 2.45) is 5.92 Å². The molecule has 0 aromatic rings. The summed E-state index contributed by atoms with van der Waals surface area (Å²) >= 11 is 0. The van der Waals surface area contributed by atoms with Gasteiger partial charge in [0.15, 0.2) is 0 Å². The molecule has 0 aromatic carbocycles. The average Bonchev–Trinajstić information content (AvgIpc) is 2.87. The van der Waals surface area contributed by atoms with Crippen LogP contribution in [0.3, 0.4) is 0 Å². The molecule has 1 rings (SSSR count). The van der Waals surface area contributed by atoms with Gasteiger partial charge >= 0.3 is 11.9 Å². The van der Waals surface area contributed by atoms with E-state index < -0.39 is 30.1 Å². The lowest BCUT2D eigenvalue weighted by molar-refractivity contribution is -0.147. The van der Waals surface area contributed by atoms with E-state index in [9.17, 15) is 14.7 Å². The zero-order chi connectivity index (χ0) is 19.9. The van der Waals surface area contributed by atoms with Crippen LogP contribution in [-0.4, -0.2) is 47.6 Å². The molecule has 144 valence electrons. The molecule has 0 bridgehead atoms. The van der Waals surface area contributed by atoms with E-state index >= 15 is 0 Å². The molecule has 1 heterocycles. The average molecular weight is 364 g/mol. The summed E-state index contributed by atoms with van der Waals surface area (Å²) in [5.74, 6) is -1.60. The molecule has 0 amide bonds. The van der Waals surface area contributed by atoms with Crippen LogP contribution in [0.15, 0.2) is 47.1 Å². The molecular weight excluding hydrogens is 336 g/mol. The van der Waals surface area contributed by atoms with Gasteiger partial charge in [0.25, 0.3) is 0 Å². The summed E-state index contributed by atoms with van der Waals surface area (Å²) < 4.78 is 11.0. The van der Waals surface area contributed by atoms with Gasteiger partial charge in [0.2, 0.25) is 0 Å². The molecule has 0 saturated carbocycles. The zero-order valence-corrected chi connectivity index (χ0v) is 15.8. The summed E-state index contributed by atoms with van der Waals surface area (Å²) in [6.07, 6.45) is 3.88. The molecule has 0 aromatic heterocycles. The number of esters is 2. The standard InChI is InChI=1S/C20H28O6/c1-6-14(4)19(23)25-16(9-12(2)7-8-21)18-15(5)20(24)26-17(18)10-13(3)11-22/h6-7,10,16-18,21-22H,5,8-9,11H2,1-4H3/b12-7+,13-10+,14-6-. The highest BCUT2D eigenvalue weighted by atomic mass is 16.6. The Kier molecular flexibility index (Phi) is 8.48. The van der Waals surface area contributed by atoms with Gasteiger partial charge in [0.05, 0.1) is 19.1 Å². The fraction of sp³-hybridized carbons (Fsp3) is 0.500. The van der Waals surface area contributed by atoms with Gasteiger partial charge in [-0.3, -0.25) is 0 Å². The predicted molar refractivity (Wildman–Crippen MR) is 98.1 cm³/mol. The summed E-state index contributed by atoms with van der Waals surface area (Å²) in [4.78, 5) is 24.3. The van der Waals surface area contributed by atoms with Crippen LogP contribution < -0.4 is 0 Å². The largest absolute Gasteiger partial charge is 0.458 e. The Morgan fingerprint density at radius 2 is 1.96 bits per heavy atom.